The molecule has 0 amide bonds. The predicted octanol–water partition coefficient (Wildman–Crippen LogP) is -0.882. The van der Waals surface area contributed by atoms with E-state index in [1.54, 1.807) is 0 Å². The van der Waals surface area contributed by atoms with Crippen LogP contribution in [0.15, 0.2) is 0 Å². The van der Waals surface area contributed by atoms with Gasteiger partial charge >= 0.3 is 10.4 Å². The molecule has 0 saturated heterocycles. The molecule has 0 aromatic carbocycles. The minimum absolute atomic E-state index is 0. The van der Waals surface area contributed by atoms with E-state index in [0.717, 1.165) is 7.11 Å². The summed E-state index contributed by atoms with van der Waals surface area (Å²) in [5.41, 5.74) is 0. The van der Waals surface area contributed by atoms with Crippen LogP contribution in [0.25, 0.3) is 0 Å². The highest BCUT2D eigenvalue weighted by molar-refractivity contribution is 7.79. The first-order chi connectivity index (χ1) is 3.00. The fourth-order valence-electron chi connectivity index (χ4n) is 0. The maximum atomic E-state index is 8.74. The lowest BCUT2D eigenvalue weighted by Gasteiger charge is -1.68. The van der Waals surface area contributed by atoms with Gasteiger partial charge < -0.3 is 11.3 Å². The van der Waals surface area contributed by atoms with E-state index in [2.05, 4.69) is 0 Å². The lowest BCUT2D eigenvalue weighted by Crippen LogP contribution is -1.89. The Morgan fingerprint density at radius 3 is 1.12 bits per heavy atom. The van der Waals surface area contributed by atoms with E-state index in [1.165, 1.54) is 0 Å². The maximum Gasteiger partial charge on any atom is 0.394 e. The Morgan fingerprint density at radius 1 is 1.12 bits per heavy atom. The average molecular weight is 147 g/mol. The van der Waals surface area contributed by atoms with Gasteiger partial charge in [-0.2, -0.15) is 8.42 Å². The van der Waals surface area contributed by atoms with Crippen molar-refractivity contribution in [2.24, 2.45) is 0 Å². The first-order valence-electron chi connectivity index (χ1n) is 1.15. The Morgan fingerprint density at radius 2 is 1.12 bits per heavy atom. The first-order valence-corrected chi connectivity index (χ1v) is 2.54. The monoisotopic (exact) mass is 147 g/mol. The molecule has 0 aliphatic heterocycles. The number of rotatable bonds is 0. The van der Waals surface area contributed by atoms with E-state index < -0.39 is 10.4 Å². The van der Waals surface area contributed by atoms with Crippen LogP contribution in [0, 0.1) is 0 Å². The van der Waals surface area contributed by atoms with Gasteiger partial charge in [-0.15, -0.1) is 0 Å². The quantitative estimate of drug-likeness (QED) is 0.329. The van der Waals surface area contributed by atoms with Gasteiger partial charge in [0.1, 0.15) is 0 Å². The van der Waals surface area contributed by atoms with Gasteiger partial charge in [0.05, 0.1) is 0 Å². The van der Waals surface area contributed by atoms with Crippen LogP contribution in [-0.2, 0) is 10.4 Å². The van der Waals surface area contributed by atoms with E-state index in [1.807, 2.05) is 0 Å². The van der Waals surface area contributed by atoms with Crippen molar-refractivity contribution >= 4 is 10.4 Å². The molecule has 8 heavy (non-hydrogen) atoms. The largest absolute Gasteiger partial charge is 0.400 e. The van der Waals surface area contributed by atoms with Crippen LogP contribution in [0.1, 0.15) is 0 Å². The summed E-state index contributed by atoms with van der Waals surface area (Å²) < 4.78 is 31.6. The van der Waals surface area contributed by atoms with Gasteiger partial charge in [-0.1, -0.05) is 0 Å². The molecule has 0 aromatic heterocycles. The van der Waals surface area contributed by atoms with Crippen LogP contribution in [0.4, 0.5) is 0 Å². The Balaban J connectivity index is -0.0000000750. The molecule has 0 spiro atoms. The molecule has 54 valence electrons. The SMILES string of the molecule is CO.N.O=S(=O)(O)O. The fourth-order valence-corrected chi connectivity index (χ4v) is 0. The van der Waals surface area contributed by atoms with Crippen molar-refractivity contribution in [1.82, 2.24) is 6.15 Å². The number of hydrogen-bond acceptors (Lipinski definition) is 4. The van der Waals surface area contributed by atoms with Crippen molar-refractivity contribution in [3.63, 3.8) is 0 Å². The zero-order chi connectivity index (χ0) is 6.50. The van der Waals surface area contributed by atoms with Gasteiger partial charge in [0.25, 0.3) is 0 Å². The lowest BCUT2D eigenvalue weighted by molar-refractivity contribution is 0.381. The van der Waals surface area contributed by atoms with Crippen molar-refractivity contribution in [3.8, 4) is 0 Å². The third-order valence-electron chi connectivity index (χ3n) is 0. The zero-order valence-corrected chi connectivity index (χ0v) is 5.09. The second-order valence-corrected chi connectivity index (χ2v) is 1.34. The smallest absolute Gasteiger partial charge is 0.394 e. The van der Waals surface area contributed by atoms with Crippen LogP contribution in [-0.4, -0.2) is 29.7 Å². The van der Waals surface area contributed by atoms with Gasteiger partial charge in [0, 0.05) is 7.11 Å². The second-order valence-electron chi connectivity index (χ2n) is 0.448. The molecule has 0 radical (unpaired) electrons. The van der Waals surface area contributed by atoms with Crippen LogP contribution < -0.4 is 6.15 Å². The van der Waals surface area contributed by atoms with E-state index in [9.17, 15) is 0 Å². The van der Waals surface area contributed by atoms with Crippen molar-refractivity contribution in [2.75, 3.05) is 7.11 Å². The molecule has 0 heterocycles. The van der Waals surface area contributed by atoms with Gasteiger partial charge in [-0.3, -0.25) is 9.11 Å². The summed E-state index contributed by atoms with van der Waals surface area (Å²) in [4.78, 5) is 0. The van der Waals surface area contributed by atoms with Crippen molar-refractivity contribution < 1.29 is 22.6 Å². The molecular weight excluding hydrogens is 138 g/mol. The Bertz CT molecular complexity index is 95.6. The minimum Gasteiger partial charge on any atom is -0.400 e. The van der Waals surface area contributed by atoms with Crippen LogP contribution in [0.3, 0.4) is 0 Å². The summed E-state index contributed by atoms with van der Waals surface area (Å²) >= 11 is 0. The first kappa shape index (κ1) is 15.7. The molecule has 6 N–H and O–H groups in total. The third kappa shape index (κ3) is 3010. The summed E-state index contributed by atoms with van der Waals surface area (Å²) in [5.74, 6) is 0. The van der Waals surface area contributed by atoms with Crippen LogP contribution >= 0.6 is 0 Å². The molecule has 7 heteroatoms. The fraction of sp³-hybridized carbons (Fsp3) is 1.00. The van der Waals surface area contributed by atoms with E-state index >= 15 is 0 Å². The summed E-state index contributed by atoms with van der Waals surface area (Å²) in [7, 11) is -3.67. The van der Waals surface area contributed by atoms with Crippen LogP contribution in [0.2, 0.25) is 0 Å². The maximum absolute atomic E-state index is 8.74. The molecule has 6 nitrogen and oxygen atoms in total. The molecule has 0 aliphatic carbocycles. The van der Waals surface area contributed by atoms with E-state index in [4.69, 9.17) is 22.6 Å². The van der Waals surface area contributed by atoms with Gasteiger partial charge in [0.2, 0.25) is 0 Å². The minimum atomic E-state index is -4.67. The topological polar surface area (TPSA) is 130 Å². The molecule has 0 rings (SSSR count). The Hall–Kier alpha value is -0.210. The average Bonchev–Trinajstić information content (AvgIpc) is 1.36. The number of aliphatic hydroxyl groups is 1. The zero-order valence-electron chi connectivity index (χ0n) is 4.27. The molecule has 0 unspecified atom stereocenters. The van der Waals surface area contributed by atoms with Crippen molar-refractivity contribution in [1.29, 1.82) is 0 Å². The molecular formula is CH9NO5S. The summed E-state index contributed by atoms with van der Waals surface area (Å²) in [6.07, 6.45) is 0. The van der Waals surface area contributed by atoms with Gasteiger partial charge in [0.15, 0.2) is 0 Å². The third-order valence-corrected chi connectivity index (χ3v) is 0. The Kier molecular flexibility index (Phi) is 13.3. The second kappa shape index (κ2) is 6.79. The molecule has 0 aromatic rings. The van der Waals surface area contributed by atoms with E-state index in [-0.39, 0.29) is 6.15 Å². The standard InChI is InChI=1S/CH4O.H3N.H2O4S/c1-2;;1-5(2,3)4/h2H,1H3;1H3;(H2,1,2,3,4). The summed E-state index contributed by atoms with van der Waals surface area (Å²) in [6.45, 7) is 0. The van der Waals surface area contributed by atoms with Gasteiger partial charge in [-0.25, -0.2) is 0 Å². The van der Waals surface area contributed by atoms with Crippen LogP contribution in [0.5, 0.6) is 0 Å². The number of aliphatic hydroxyl groups excluding tert-OH is 1. The highest BCUT2D eigenvalue weighted by Crippen LogP contribution is 1.59. The summed E-state index contributed by atoms with van der Waals surface area (Å²) in [6, 6.07) is 0. The number of hydrogen-bond donors (Lipinski definition) is 4. The lowest BCUT2D eigenvalue weighted by atomic mass is 11.8. The molecule has 0 aliphatic rings. The van der Waals surface area contributed by atoms with Crippen molar-refractivity contribution in [3.05, 3.63) is 0 Å². The Labute approximate surface area is 47.3 Å². The summed E-state index contributed by atoms with van der Waals surface area (Å²) in [5, 5.41) is 7.00. The molecule has 0 fully saturated rings. The van der Waals surface area contributed by atoms with Crippen molar-refractivity contribution in [2.45, 2.75) is 0 Å². The highest BCUT2D eigenvalue weighted by atomic mass is 32.3. The van der Waals surface area contributed by atoms with Gasteiger partial charge in [-0.05, 0) is 0 Å². The molecule has 0 saturated carbocycles. The highest BCUT2D eigenvalue weighted by Gasteiger charge is 1.84. The normalized spacial score (nSPS) is 8.00. The predicted molar refractivity (Wildman–Crippen MR) is 27.3 cm³/mol. The molecule has 0 atom stereocenters. The van der Waals surface area contributed by atoms with E-state index in [0.29, 0.717) is 0 Å². The molecule has 0 bridgehead atoms.